The number of amides is 3. The predicted molar refractivity (Wildman–Crippen MR) is 60.4 cm³/mol. The second-order valence-corrected chi connectivity index (χ2v) is 5.19. The molecule has 2 unspecified atom stereocenters. The summed E-state index contributed by atoms with van der Waals surface area (Å²) in [6, 6.07) is -0.193. The molecular weight excluding hydrogens is 220 g/mol. The Morgan fingerprint density at radius 2 is 1.94 bits per heavy atom. The summed E-state index contributed by atoms with van der Waals surface area (Å²) in [7, 11) is 1.64. The van der Waals surface area contributed by atoms with Crippen LogP contribution in [-0.4, -0.2) is 53.6 Å². The number of rotatable bonds is 2. The van der Waals surface area contributed by atoms with Gasteiger partial charge in [0.15, 0.2) is 0 Å². The van der Waals surface area contributed by atoms with Gasteiger partial charge >= 0.3 is 6.03 Å². The van der Waals surface area contributed by atoms with Crippen molar-refractivity contribution in [3.8, 4) is 0 Å². The molecule has 0 aromatic heterocycles. The van der Waals surface area contributed by atoms with Gasteiger partial charge in [-0.05, 0) is 12.8 Å². The van der Waals surface area contributed by atoms with Gasteiger partial charge in [0.1, 0.15) is 6.04 Å². The molecule has 1 saturated carbocycles. The smallest absolute Gasteiger partial charge is 0.327 e. The van der Waals surface area contributed by atoms with E-state index in [1.54, 1.807) is 12.0 Å². The van der Waals surface area contributed by atoms with Crippen LogP contribution in [0.3, 0.4) is 0 Å². The molecular formula is C12H18N2O3. The van der Waals surface area contributed by atoms with E-state index in [2.05, 4.69) is 0 Å². The first-order chi connectivity index (χ1) is 8.22. The molecule has 0 bridgehead atoms. The minimum atomic E-state index is -0.256. The normalized spacial score (nSPS) is 33.9. The van der Waals surface area contributed by atoms with Crippen LogP contribution in [0.1, 0.15) is 32.1 Å². The van der Waals surface area contributed by atoms with Gasteiger partial charge in [-0.2, -0.15) is 0 Å². The molecule has 94 valence electrons. The predicted octanol–water partition coefficient (Wildman–Crippen LogP) is 0.980. The van der Waals surface area contributed by atoms with E-state index in [1.807, 2.05) is 0 Å². The van der Waals surface area contributed by atoms with Crippen LogP contribution in [0.4, 0.5) is 4.79 Å². The first-order valence-electron chi connectivity index (χ1n) is 6.39. The lowest BCUT2D eigenvalue weighted by atomic mass is 10.1. The van der Waals surface area contributed by atoms with E-state index in [0.717, 1.165) is 25.7 Å². The van der Waals surface area contributed by atoms with Gasteiger partial charge in [-0.3, -0.25) is 9.69 Å². The molecule has 2 heterocycles. The maximum absolute atomic E-state index is 12.3. The Hall–Kier alpha value is -1.10. The molecule has 3 rings (SSSR count). The molecule has 0 aromatic rings. The summed E-state index contributed by atoms with van der Waals surface area (Å²) in [5, 5.41) is 0. The van der Waals surface area contributed by atoms with Gasteiger partial charge in [0, 0.05) is 26.1 Å². The molecule has 3 amide bonds. The summed E-state index contributed by atoms with van der Waals surface area (Å²) in [6.45, 7) is 0.564. The third kappa shape index (κ3) is 1.56. The Bertz CT molecular complexity index is 328. The van der Waals surface area contributed by atoms with Crippen LogP contribution in [0.15, 0.2) is 0 Å². The molecule has 2 saturated heterocycles. The minimum Gasteiger partial charge on any atom is -0.380 e. The topological polar surface area (TPSA) is 49.9 Å². The summed E-state index contributed by atoms with van der Waals surface area (Å²) in [4.78, 5) is 27.7. The molecule has 3 fully saturated rings. The fraction of sp³-hybridized carbons (Fsp3) is 0.833. The fourth-order valence-corrected chi connectivity index (χ4v) is 3.31. The molecule has 1 aliphatic carbocycles. The van der Waals surface area contributed by atoms with Gasteiger partial charge in [-0.15, -0.1) is 0 Å². The summed E-state index contributed by atoms with van der Waals surface area (Å²) in [5.41, 5.74) is 0. The molecule has 0 radical (unpaired) electrons. The lowest BCUT2D eigenvalue weighted by Gasteiger charge is -2.22. The lowest BCUT2D eigenvalue weighted by Crippen LogP contribution is -2.41. The highest BCUT2D eigenvalue weighted by Crippen LogP contribution is 2.34. The number of methoxy groups -OCH3 is 1. The molecule has 0 aromatic carbocycles. The Balaban J connectivity index is 1.78. The number of carbonyl (C=O) groups excluding carboxylic acids is 2. The van der Waals surface area contributed by atoms with Crippen LogP contribution in [0.2, 0.25) is 0 Å². The quantitative estimate of drug-likeness (QED) is 0.674. The largest absolute Gasteiger partial charge is 0.380 e. The van der Waals surface area contributed by atoms with Crippen molar-refractivity contribution in [3.63, 3.8) is 0 Å². The van der Waals surface area contributed by atoms with Crippen LogP contribution >= 0.6 is 0 Å². The van der Waals surface area contributed by atoms with Crippen molar-refractivity contribution in [3.05, 3.63) is 0 Å². The van der Waals surface area contributed by atoms with E-state index in [4.69, 9.17) is 4.74 Å². The fourth-order valence-electron chi connectivity index (χ4n) is 3.31. The van der Waals surface area contributed by atoms with Crippen LogP contribution in [0, 0.1) is 0 Å². The van der Waals surface area contributed by atoms with Crippen LogP contribution in [0.25, 0.3) is 0 Å². The summed E-state index contributed by atoms with van der Waals surface area (Å²) < 4.78 is 5.24. The zero-order valence-electron chi connectivity index (χ0n) is 10.1. The monoisotopic (exact) mass is 238 g/mol. The number of carbonyl (C=O) groups is 2. The van der Waals surface area contributed by atoms with Crippen LogP contribution in [-0.2, 0) is 9.53 Å². The average Bonchev–Trinajstić information content (AvgIpc) is 3.00. The Morgan fingerprint density at radius 3 is 2.53 bits per heavy atom. The van der Waals surface area contributed by atoms with Crippen molar-refractivity contribution in [1.29, 1.82) is 0 Å². The molecule has 0 spiro atoms. The van der Waals surface area contributed by atoms with Gasteiger partial charge < -0.3 is 9.64 Å². The molecule has 2 atom stereocenters. The molecule has 17 heavy (non-hydrogen) atoms. The number of ether oxygens (including phenoxy) is 1. The van der Waals surface area contributed by atoms with Gasteiger partial charge in [0.05, 0.1) is 6.10 Å². The van der Waals surface area contributed by atoms with Gasteiger partial charge in [-0.25, -0.2) is 4.79 Å². The molecule has 3 aliphatic rings. The van der Waals surface area contributed by atoms with Crippen molar-refractivity contribution in [2.75, 3.05) is 13.7 Å². The zero-order chi connectivity index (χ0) is 12.0. The van der Waals surface area contributed by atoms with E-state index in [-0.39, 0.29) is 30.1 Å². The standard InChI is InChI=1S/C12H18N2O3/c1-17-9-6-10-11(15)14(8-4-2-3-5-8)12(16)13(10)7-9/h8-10H,2-7H2,1H3. The number of imide groups is 1. The van der Waals surface area contributed by atoms with Crippen molar-refractivity contribution in [2.45, 2.75) is 50.3 Å². The van der Waals surface area contributed by atoms with Crippen molar-refractivity contribution < 1.29 is 14.3 Å². The van der Waals surface area contributed by atoms with E-state index >= 15 is 0 Å². The first-order valence-corrected chi connectivity index (χ1v) is 6.39. The van der Waals surface area contributed by atoms with Gasteiger partial charge in [-0.1, -0.05) is 12.8 Å². The van der Waals surface area contributed by atoms with Crippen molar-refractivity contribution in [2.24, 2.45) is 0 Å². The van der Waals surface area contributed by atoms with E-state index < -0.39 is 0 Å². The first kappa shape index (κ1) is 11.0. The van der Waals surface area contributed by atoms with E-state index in [9.17, 15) is 9.59 Å². The summed E-state index contributed by atoms with van der Waals surface area (Å²) in [5.74, 6) is 0.00134. The molecule has 5 heteroatoms. The highest BCUT2D eigenvalue weighted by atomic mass is 16.5. The van der Waals surface area contributed by atoms with Gasteiger partial charge in [0.2, 0.25) is 0 Å². The second kappa shape index (κ2) is 3.98. The average molecular weight is 238 g/mol. The van der Waals surface area contributed by atoms with Gasteiger partial charge in [0.25, 0.3) is 5.91 Å². The molecule has 5 nitrogen and oxygen atoms in total. The number of hydrogen-bond donors (Lipinski definition) is 0. The highest BCUT2D eigenvalue weighted by Gasteiger charge is 2.52. The zero-order valence-corrected chi connectivity index (χ0v) is 10.1. The second-order valence-electron chi connectivity index (χ2n) is 5.19. The number of fused-ring (bicyclic) bond motifs is 1. The Kier molecular flexibility index (Phi) is 2.58. The maximum Gasteiger partial charge on any atom is 0.327 e. The van der Waals surface area contributed by atoms with Crippen LogP contribution < -0.4 is 0 Å². The minimum absolute atomic E-state index is 0.00134. The number of nitrogens with zero attached hydrogens (tertiary/aromatic N) is 2. The Morgan fingerprint density at radius 1 is 1.24 bits per heavy atom. The van der Waals surface area contributed by atoms with Crippen molar-refractivity contribution in [1.82, 2.24) is 9.80 Å². The SMILES string of the molecule is COC1CC2C(=O)N(C3CCCC3)C(=O)N2C1. The molecule has 0 N–H and O–H groups in total. The lowest BCUT2D eigenvalue weighted by molar-refractivity contribution is -0.129. The third-order valence-electron chi connectivity index (χ3n) is 4.26. The number of hydrogen-bond acceptors (Lipinski definition) is 3. The van der Waals surface area contributed by atoms with Crippen LogP contribution in [0.5, 0.6) is 0 Å². The third-order valence-corrected chi connectivity index (χ3v) is 4.26. The summed E-state index contributed by atoms with van der Waals surface area (Å²) in [6.07, 6.45) is 4.90. The maximum atomic E-state index is 12.3. The number of urea groups is 1. The van der Waals surface area contributed by atoms with E-state index in [0.29, 0.717) is 13.0 Å². The van der Waals surface area contributed by atoms with Crippen molar-refractivity contribution >= 4 is 11.9 Å². The summed E-state index contributed by atoms with van der Waals surface area (Å²) >= 11 is 0. The van der Waals surface area contributed by atoms with E-state index in [1.165, 1.54) is 4.90 Å². The highest BCUT2D eigenvalue weighted by molar-refractivity contribution is 6.05. The Labute approximate surface area is 101 Å². The molecule has 2 aliphatic heterocycles.